The summed E-state index contributed by atoms with van der Waals surface area (Å²) in [5.41, 5.74) is 1.38. The lowest BCUT2D eigenvalue weighted by Gasteiger charge is -2.17. The van der Waals surface area contributed by atoms with Crippen LogP contribution < -0.4 is 10.6 Å². The van der Waals surface area contributed by atoms with Crippen molar-refractivity contribution in [3.63, 3.8) is 0 Å². The molecule has 2 atom stereocenters. The SMILES string of the molecule is [B]O[P@](c1ccccc1)c1ccc(CC(C)CC)cc1. The summed E-state index contributed by atoms with van der Waals surface area (Å²) >= 11 is 0. The van der Waals surface area contributed by atoms with Gasteiger partial charge in [0.15, 0.2) is 0 Å². The van der Waals surface area contributed by atoms with Crippen molar-refractivity contribution in [3.05, 3.63) is 60.2 Å². The molecule has 0 spiro atoms. The van der Waals surface area contributed by atoms with Crippen LogP contribution in [0.4, 0.5) is 0 Å². The Balaban J connectivity index is 2.15. The van der Waals surface area contributed by atoms with Crippen LogP contribution in [0.1, 0.15) is 25.8 Å². The molecular formula is C17H20BOP. The molecule has 2 radical (unpaired) electrons. The molecule has 0 saturated heterocycles. The van der Waals surface area contributed by atoms with Gasteiger partial charge in [0, 0.05) is 10.6 Å². The fourth-order valence-electron chi connectivity index (χ4n) is 2.15. The molecule has 0 fully saturated rings. The predicted octanol–water partition coefficient (Wildman–Crippen LogP) is 3.72. The summed E-state index contributed by atoms with van der Waals surface area (Å²) in [6.45, 7) is 4.52. The first-order chi connectivity index (χ1) is 9.74. The van der Waals surface area contributed by atoms with Gasteiger partial charge in [-0.2, -0.15) is 0 Å². The van der Waals surface area contributed by atoms with E-state index in [0.717, 1.165) is 22.9 Å². The van der Waals surface area contributed by atoms with Crippen LogP contribution in [0.25, 0.3) is 0 Å². The Labute approximate surface area is 124 Å². The van der Waals surface area contributed by atoms with Crippen LogP contribution in [-0.2, 0) is 10.9 Å². The zero-order chi connectivity index (χ0) is 14.4. The third-order valence-corrected chi connectivity index (χ3v) is 5.29. The third-order valence-electron chi connectivity index (χ3n) is 3.55. The molecule has 0 heterocycles. The monoisotopic (exact) mass is 282 g/mol. The second kappa shape index (κ2) is 7.62. The Hall–Kier alpha value is -1.11. The van der Waals surface area contributed by atoms with E-state index in [1.54, 1.807) is 0 Å². The summed E-state index contributed by atoms with van der Waals surface area (Å²) in [4.78, 5) is 0. The molecule has 1 unspecified atom stereocenters. The van der Waals surface area contributed by atoms with Crippen LogP contribution >= 0.6 is 8.15 Å². The second-order valence-electron chi connectivity index (χ2n) is 5.12. The van der Waals surface area contributed by atoms with Crippen LogP contribution in [-0.4, -0.2) is 8.05 Å². The lowest BCUT2D eigenvalue weighted by Crippen LogP contribution is -2.13. The lowest BCUT2D eigenvalue weighted by molar-refractivity contribution is 0.560. The molecule has 0 aliphatic rings. The molecule has 0 amide bonds. The van der Waals surface area contributed by atoms with Crippen molar-refractivity contribution in [1.82, 2.24) is 0 Å². The summed E-state index contributed by atoms with van der Waals surface area (Å²) in [5.74, 6) is 0.724. The van der Waals surface area contributed by atoms with Crippen LogP contribution in [0, 0.1) is 5.92 Å². The van der Waals surface area contributed by atoms with Gasteiger partial charge < -0.3 is 4.44 Å². The van der Waals surface area contributed by atoms with E-state index in [9.17, 15) is 0 Å². The summed E-state index contributed by atoms with van der Waals surface area (Å²) in [7, 11) is 4.60. The van der Waals surface area contributed by atoms with Gasteiger partial charge in [0.25, 0.3) is 8.05 Å². The van der Waals surface area contributed by atoms with Gasteiger partial charge in [0.1, 0.15) is 0 Å². The highest BCUT2D eigenvalue weighted by atomic mass is 31.1. The number of hydrogen-bond donors (Lipinski definition) is 0. The minimum absolute atomic E-state index is 0.724. The number of benzene rings is 2. The minimum Gasteiger partial charge on any atom is -0.421 e. The fourth-order valence-corrected chi connectivity index (χ4v) is 3.55. The molecule has 0 bridgehead atoms. The molecule has 2 aromatic rings. The van der Waals surface area contributed by atoms with Crippen LogP contribution in [0.5, 0.6) is 0 Å². The lowest BCUT2D eigenvalue weighted by atomic mass is 9.99. The normalized spacial score (nSPS) is 13.9. The van der Waals surface area contributed by atoms with E-state index < -0.39 is 8.15 Å². The van der Waals surface area contributed by atoms with Gasteiger partial charge in [0.05, 0.1) is 8.15 Å². The topological polar surface area (TPSA) is 9.23 Å². The van der Waals surface area contributed by atoms with Crippen LogP contribution in [0.15, 0.2) is 54.6 Å². The van der Waals surface area contributed by atoms with Gasteiger partial charge in [-0.25, -0.2) is 0 Å². The fraction of sp³-hybridized carbons (Fsp3) is 0.294. The van der Waals surface area contributed by atoms with Crippen molar-refractivity contribution in [1.29, 1.82) is 0 Å². The number of rotatable bonds is 6. The molecule has 20 heavy (non-hydrogen) atoms. The molecule has 0 aliphatic heterocycles. The highest BCUT2D eigenvalue weighted by Crippen LogP contribution is 2.33. The van der Waals surface area contributed by atoms with Crippen LogP contribution in [0.3, 0.4) is 0 Å². The van der Waals surface area contributed by atoms with Crippen molar-refractivity contribution >= 4 is 26.8 Å². The Morgan fingerprint density at radius 1 is 1.00 bits per heavy atom. The van der Waals surface area contributed by atoms with E-state index in [1.165, 1.54) is 12.0 Å². The quantitative estimate of drug-likeness (QED) is 0.579. The van der Waals surface area contributed by atoms with Gasteiger partial charge in [-0.05, 0) is 17.9 Å². The molecule has 0 saturated carbocycles. The Morgan fingerprint density at radius 3 is 2.15 bits per heavy atom. The molecule has 102 valence electrons. The van der Waals surface area contributed by atoms with Gasteiger partial charge in [-0.1, -0.05) is 74.9 Å². The number of hydrogen-bond acceptors (Lipinski definition) is 1. The largest absolute Gasteiger partial charge is 0.421 e. The summed E-state index contributed by atoms with van der Waals surface area (Å²) in [5, 5.41) is 2.29. The highest BCUT2D eigenvalue weighted by molar-refractivity contribution is 7.69. The van der Waals surface area contributed by atoms with Gasteiger partial charge in [-0.3, -0.25) is 0 Å². The highest BCUT2D eigenvalue weighted by Gasteiger charge is 2.12. The molecule has 0 N–H and O–H groups in total. The minimum atomic E-state index is -0.907. The molecule has 2 aromatic carbocycles. The maximum atomic E-state index is 5.51. The predicted molar refractivity (Wildman–Crippen MR) is 89.1 cm³/mol. The summed E-state index contributed by atoms with van der Waals surface area (Å²) in [6, 6.07) is 18.8. The zero-order valence-electron chi connectivity index (χ0n) is 12.1. The maximum absolute atomic E-state index is 5.51. The van der Waals surface area contributed by atoms with E-state index in [2.05, 4.69) is 50.2 Å². The molecule has 1 nitrogen and oxygen atoms in total. The molecule has 3 heteroatoms. The Kier molecular flexibility index (Phi) is 5.82. The van der Waals surface area contributed by atoms with Crippen LogP contribution in [0.2, 0.25) is 0 Å². The van der Waals surface area contributed by atoms with E-state index in [1.807, 2.05) is 18.2 Å². The van der Waals surface area contributed by atoms with Gasteiger partial charge in [0.2, 0.25) is 0 Å². The second-order valence-corrected chi connectivity index (χ2v) is 6.95. The molecule has 2 rings (SSSR count). The average molecular weight is 282 g/mol. The molecular weight excluding hydrogens is 262 g/mol. The van der Waals surface area contributed by atoms with E-state index >= 15 is 0 Å². The Bertz CT molecular complexity index is 512. The van der Waals surface area contributed by atoms with Crippen molar-refractivity contribution in [2.24, 2.45) is 5.92 Å². The van der Waals surface area contributed by atoms with E-state index in [0.29, 0.717) is 0 Å². The standard InChI is InChI=1S/C17H20BOP/c1-3-14(2)13-15-9-11-17(12-10-15)20(19-18)16-7-5-4-6-8-16/h4-12,14H,3,13H2,1-2H3/t14?,20-/m1/s1. The maximum Gasteiger partial charge on any atom is 0.289 e. The summed E-state index contributed by atoms with van der Waals surface area (Å²) in [6.07, 6.45) is 2.34. The zero-order valence-corrected chi connectivity index (χ0v) is 13.0. The van der Waals surface area contributed by atoms with Crippen molar-refractivity contribution in [3.8, 4) is 0 Å². The Morgan fingerprint density at radius 2 is 1.60 bits per heavy atom. The average Bonchev–Trinajstić information content (AvgIpc) is 2.50. The first kappa shape index (κ1) is 15.3. The van der Waals surface area contributed by atoms with Crippen molar-refractivity contribution < 1.29 is 4.44 Å². The molecule has 0 aliphatic carbocycles. The van der Waals surface area contributed by atoms with E-state index in [-0.39, 0.29) is 0 Å². The smallest absolute Gasteiger partial charge is 0.289 e. The van der Waals surface area contributed by atoms with Crippen molar-refractivity contribution in [2.45, 2.75) is 26.7 Å². The summed E-state index contributed by atoms with van der Waals surface area (Å²) < 4.78 is 5.23. The third kappa shape index (κ3) is 3.94. The first-order valence-corrected chi connectivity index (χ1v) is 8.31. The molecule has 0 aromatic heterocycles. The van der Waals surface area contributed by atoms with Gasteiger partial charge in [-0.15, -0.1) is 0 Å². The van der Waals surface area contributed by atoms with E-state index in [4.69, 9.17) is 12.5 Å². The van der Waals surface area contributed by atoms with Crippen molar-refractivity contribution in [2.75, 3.05) is 0 Å². The van der Waals surface area contributed by atoms with Gasteiger partial charge >= 0.3 is 0 Å². The first-order valence-electron chi connectivity index (χ1n) is 7.05.